The Morgan fingerprint density at radius 1 is 1.05 bits per heavy atom. The second-order valence-corrected chi connectivity index (χ2v) is 15.0. The van der Waals surface area contributed by atoms with Crippen molar-refractivity contribution in [3.05, 3.63) is 100 Å². The van der Waals surface area contributed by atoms with Gasteiger partial charge in [-0.25, -0.2) is 17.2 Å². The summed E-state index contributed by atoms with van der Waals surface area (Å²) in [5, 5.41) is 17.7. The van der Waals surface area contributed by atoms with Gasteiger partial charge in [0.2, 0.25) is 10.0 Å². The zero-order valence-corrected chi connectivity index (χ0v) is 26.8. The number of nitrogens with one attached hydrogen (secondary N) is 2. The van der Waals surface area contributed by atoms with Gasteiger partial charge in [-0.05, 0) is 90.1 Å². The zero-order valence-electron chi connectivity index (χ0n) is 26.0. The van der Waals surface area contributed by atoms with Gasteiger partial charge >= 0.3 is 0 Å². The summed E-state index contributed by atoms with van der Waals surface area (Å²) in [7, 11) is -2.17. The summed E-state index contributed by atoms with van der Waals surface area (Å²) in [6.45, 7) is 6.75. The summed E-state index contributed by atoms with van der Waals surface area (Å²) >= 11 is 0. The molecule has 0 spiro atoms. The van der Waals surface area contributed by atoms with Crippen LogP contribution in [0.25, 0.3) is 0 Å². The standard InChI is InChI=1S/C34H43F2N3O4S/c1-34(2,3)20-22-12-13-24-8-7-11-30(29(24)16-22)37-21-32(40)31(17-23-14-26(35)19-27(36)15-23)38-33(41)25-9-6-10-28(18-25)39(4)44(5,42)43/h6,9-10,12-16,18-19,30-32,37,40H,7-8,11,17,20-21H2,1-5H3,(H,38,41)/t30-,31-,32+/m0/s1. The third-order valence-corrected chi connectivity index (χ3v) is 9.17. The molecule has 3 aromatic rings. The lowest BCUT2D eigenvalue weighted by Crippen LogP contribution is -2.49. The van der Waals surface area contributed by atoms with Gasteiger partial charge in [-0.15, -0.1) is 0 Å². The van der Waals surface area contributed by atoms with Crippen LogP contribution in [0.4, 0.5) is 14.5 Å². The van der Waals surface area contributed by atoms with Crippen LogP contribution in [0.15, 0.2) is 60.7 Å². The highest BCUT2D eigenvalue weighted by Crippen LogP contribution is 2.32. The molecule has 1 amide bonds. The third kappa shape index (κ3) is 9.09. The van der Waals surface area contributed by atoms with Crippen molar-refractivity contribution in [3.63, 3.8) is 0 Å². The van der Waals surface area contributed by atoms with Gasteiger partial charge < -0.3 is 15.7 Å². The van der Waals surface area contributed by atoms with Gasteiger partial charge in [0.1, 0.15) is 11.6 Å². The van der Waals surface area contributed by atoms with E-state index in [1.807, 2.05) is 0 Å². The molecular formula is C34H43F2N3O4S. The van der Waals surface area contributed by atoms with Crippen LogP contribution in [-0.2, 0) is 29.3 Å². The highest BCUT2D eigenvalue weighted by atomic mass is 32.2. The van der Waals surface area contributed by atoms with Gasteiger partial charge in [0, 0.05) is 31.3 Å². The molecule has 1 aliphatic carbocycles. The van der Waals surface area contributed by atoms with Gasteiger partial charge in [-0.1, -0.05) is 45.0 Å². The molecule has 0 aromatic heterocycles. The van der Waals surface area contributed by atoms with E-state index in [-0.39, 0.29) is 35.5 Å². The summed E-state index contributed by atoms with van der Waals surface area (Å²) in [5.74, 6) is -2.05. The first kappa shape index (κ1) is 33.6. The van der Waals surface area contributed by atoms with Crippen molar-refractivity contribution in [1.82, 2.24) is 10.6 Å². The topological polar surface area (TPSA) is 98.7 Å². The van der Waals surface area contributed by atoms with E-state index in [1.54, 1.807) is 12.1 Å². The molecule has 3 N–H and O–H groups in total. The van der Waals surface area contributed by atoms with Crippen molar-refractivity contribution in [2.75, 3.05) is 24.2 Å². The normalized spacial score (nSPS) is 16.6. The number of hydrogen-bond acceptors (Lipinski definition) is 5. The van der Waals surface area contributed by atoms with E-state index in [0.717, 1.165) is 42.3 Å². The first-order valence-corrected chi connectivity index (χ1v) is 16.8. The Hall–Kier alpha value is -3.34. The number of rotatable bonds is 11. The minimum Gasteiger partial charge on any atom is -0.390 e. The van der Waals surface area contributed by atoms with Crippen molar-refractivity contribution < 1.29 is 27.1 Å². The number of carbonyl (C=O) groups excluding carboxylic acids is 1. The van der Waals surface area contributed by atoms with Crippen LogP contribution in [0.5, 0.6) is 0 Å². The van der Waals surface area contributed by atoms with Crippen molar-refractivity contribution in [2.24, 2.45) is 5.41 Å². The number of sulfonamides is 1. The number of aliphatic hydroxyl groups is 1. The lowest BCUT2D eigenvalue weighted by atomic mass is 9.82. The zero-order chi connectivity index (χ0) is 32.2. The van der Waals surface area contributed by atoms with Crippen molar-refractivity contribution >= 4 is 21.6 Å². The fourth-order valence-electron chi connectivity index (χ4n) is 5.74. The van der Waals surface area contributed by atoms with E-state index < -0.39 is 39.7 Å². The number of fused-ring (bicyclic) bond motifs is 1. The largest absolute Gasteiger partial charge is 0.390 e. The maximum absolute atomic E-state index is 14.0. The lowest BCUT2D eigenvalue weighted by molar-refractivity contribution is 0.0823. The Morgan fingerprint density at radius 2 is 1.75 bits per heavy atom. The van der Waals surface area contributed by atoms with Crippen LogP contribution in [0.3, 0.4) is 0 Å². The Kier molecular flexibility index (Phi) is 10.5. The maximum atomic E-state index is 14.0. The molecule has 0 fully saturated rings. The van der Waals surface area contributed by atoms with E-state index >= 15 is 0 Å². The van der Waals surface area contributed by atoms with Gasteiger partial charge in [-0.2, -0.15) is 0 Å². The van der Waals surface area contributed by atoms with E-state index in [9.17, 15) is 27.1 Å². The van der Waals surface area contributed by atoms with Crippen LogP contribution in [0, 0.1) is 17.0 Å². The van der Waals surface area contributed by atoms with E-state index in [0.29, 0.717) is 5.69 Å². The fourth-order valence-corrected chi connectivity index (χ4v) is 6.24. The molecule has 0 unspecified atom stereocenters. The van der Waals surface area contributed by atoms with Crippen LogP contribution < -0.4 is 14.9 Å². The molecule has 3 aromatic carbocycles. The first-order chi connectivity index (χ1) is 20.6. The highest BCUT2D eigenvalue weighted by Gasteiger charge is 2.27. The minimum atomic E-state index is -3.55. The molecule has 4 rings (SSSR count). The number of aryl methyl sites for hydroxylation is 1. The third-order valence-electron chi connectivity index (χ3n) is 7.96. The molecule has 238 valence electrons. The molecule has 44 heavy (non-hydrogen) atoms. The maximum Gasteiger partial charge on any atom is 0.251 e. The van der Waals surface area contributed by atoms with E-state index in [1.165, 1.54) is 48.0 Å². The average molecular weight is 628 g/mol. The molecule has 0 radical (unpaired) electrons. The Balaban J connectivity index is 1.54. The number of benzene rings is 3. The lowest BCUT2D eigenvalue weighted by Gasteiger charge is -2.31. The number of carbonyl (C=O) groups is 1. The predicted octanol–water partition coefficient (Wildman–Crippen LogP) is 5.32. The van der Waals surface area contributed by atoms with Crippen LogP contribution in [0.2, 0.25) is 0 Å². The molecule has 7 nitrogen and oxygen atoms in total. The van der Waals surface area contributed by atoms with Gasteiger partial charge in [0.15, 0.2) is 0 Å². The summed E-state index contributed by atoms with van der Waals surface area (Å²) in [4.78, 5) is 13.4. The number of amides is 1. The number of aliphatic hydroxyl groups excluding tert-OH is 1. The first-order valence-electron chi connectivity index (χ1n) is 14.9. The molecular weight excluding hydrogens is 584 g/mol. The minimum absolute atomic E-state index is 0.0134. The van der Waals surface area contributed by atoms with Crippen LogP contribution >= 0.6 is 0 Å². The SMILES string of the molecule is CN(c1cccc(C(=O)N[C@@H](Cc2cc(F)cc(F)c2)[C@H](O)CN[C@H]2CCCc3ccc(CC(C)(C)C)cc32)c1)S(C)(=O)=O. The second kappa shape index (κ2) is 13.7. The molecule has 0 saturated heterocycles. The molecule has 10 heteroatoms. The monoisotopic (exact) mass is 627 g/mol. The number of anilines is 1. The van der Waals surface area contributed by atoms with Crippen molar-refractivity contribution in [3.8, 4) is 0 Å². The molecule has 0 saturated carbocycles. The molecule has 1 aliphatic rings. The molecule has 0 aliphatic heterocycles. The van der Waals surface area contributed by atoms with E-state index in [2.05, 4.69) is 49.6 Å². The smallest absolute Gasteiger partial charge is 0.251 e. The van der Waals surface area contributed by atoms with Crippen LogP contribution in [0.1, 0.15) is 72.3 Å². The number of halogens is 2. The summed E-state index contributed by atoms with van der Waals surface area (Å²) < 4.78 is 53.2. The fraction of sp³-hybridized carbons (Fsp3) is 0.441. The number of nitrogens with zero attached hydrogens (tertiary/aromatic N) is 1. The average Bonchev–Trinajstić information content (AvgIpc) is 2.93. The van der Waals surface area contributed by atoms with Gasteiger partial charge in [0.05, 0.1) is 24.1 Å². The van der Waals surface area contributed by atoms with Gasteiger partial charge in [0.25, 0.3) is 5.91 Å². The van der Waals surface area contributed by atoms with Crippen molar-refractivity contribution in [2.45, 2.75) is 71.1 Å². The quantitative estimate of drug-likeness (QED) is 0.268. The summed E-state index contributed by atoms with van der Waals surface area (Å²) in [6.07, 6.45) is 3.76. The molecule has 3 atom stereocenters. The molecule has 0 bridgehead atoms. The highest BCUT2D eigenvalue weighted by molar-refractivity contribution is 7.92. The summed E-state index contributed by atoms with van der Waals surface area (Å²) in [6, 6.07) is 15.0. The van der Waals surface area contributed by atoms with Crippen LogP contribution in [-0.4, -0.2) is 51.4 Å². The Labute approximate surface area is 259 Å². The van der Waals surface area contributed by atoms with E-state index in [4.69, 9.17) is 0 Å². The predicted molar refractivity (Wildman–Crippen MR) is 170 cm³/mol. The van der Waals surface area contributed by atoms with Crippen molar-refractivity contribution in [1.29, 1.82) is 0 Å². The van der Waals surface area contributed by atoms with Gasteiger partial charge in [-0.3, -0.25) is 9.10 Å². The second-order valence-electron chi connectivity index (χ2n) is 13.0. The Morgan fingerprint density at radius 3 is 2.41 bits per heavy atom. The number of hydrogen-bond donors (Lipinski definition) is 3. The Bertz CT molecular complexity index is 1570. The molecule has 0 heterocycles. The summed E-state index contributed by atoms with van der Waals surface area (Å²) in [5.41, 5.74) is 4.65.